The monoisotopic (exact) mass is 311 g/mol. The summed E-state index contributed by atoms with van der Waals surface area (Å²) in [7, 11) is 1.86. The van der Waals surface area contributed by atoms with E-state index in [0.29, 0.717) is 12.5 Å². The van der Waals surface area contributed by atoms with Crippen LogP contribution in [-0.2, 0) is 6.54 Å². The topological polar surface area (TPSA) is 65.5 Å². The van der Waals surface area contributed by atoms with E-state index in [1.807, 2.05) is 20.9 Å². The number of urea groups is 1. The van der Waals surface area contributed by atoms with Gasteiger partial charge in [-0.1, -0.05) is 0 Å². The fraction of sp³-hybridized carbons (Fsp3) is 0.733. The Kier molecular flexibility index (Phi) is 5.58. The maximum Gasteiger partial charge on any atom is 0.317 e. The van der Waals surface area contributed by atoms with Gasteiger partial charge in [0.15, 0.2) is 0 Å². The highest BCUT2D eigenvalue weighted by atomic mass is 32.1. The van der Waals surface area contributed by atoms with Gasteiger partial charge < -0.3 is 15.3 Å². The third-order valence-corrected chi connectivity index (χ3v) is 5.48. The van der Waals surface area contributed by atoms with Crippen molar-refractivity contribution in [1.82, 2.24) is 15.2 Å². The molecule has 0 radical (unpaired) electrons. The van der Waals surface area contributed by atoms with Gasteiger partial charge >= 0.3 is 6.03 Å². The van der Waals surface area contributed by atoms with Gasteiger partial charge in [0.25, 0.3) is 0 Å². The summed E-state index contributed by atoms with van der Waals surface area (Å²) in [5.41, 5.74) is 1.04. The van der Waals surface area contributed by atoms with Crippen molar-refractivity contribution >= 4 is 17.4 Å². The lowest BCUT2D eigenvalue weighted by Gasteiger charge is -2.34. The number of thiazole rings is 1. The van der Waals surface area contributed by atoms with E-state index < -0.39 is 0 Å². The van der Waals surface area contributed by atoms with Crippen molar-refractivity contribution in [3.63, 3.8) is 0 Å². The zero-order valence-electron chi connectivity index (χ0n) is 13.1. The Balaban J connectivity index is 1.80. The Hall–Kier alpha value is -1.14. The molecule has 1 saturated carbocycles. The summed E-state index contributed by atoms with van der Waals surface area (Å²) < 4.78 is 0. The fourth-order valence-corrected chi connectivity index (χ4v) is 3.64. The van der Waals surface area contributed by atoms with Crippen LogP contribution in [0.1, 0.15) is 41.3 Å². The Morgan fingerprint density at radius 1 is 1.38 bits per heavy atom. The zero-order chi connectivity index (χ0) is 15.4. The van der Waals surface area contributed by atoms with Crippen LogP contribution in [0.25, 0.3) is 0 Å². The first-order valence-corrected chi connectivity index (χ1v) is 8.37. The molecule has 1 aromatic heterocycles. The Bertz CT molecular complexity index is 462. The van der Waals surface area contributed by atoms with Crippen molar-refractivity contribution in [2.75, 3.05) is 13.7 Å². The lowest BCUT2D eigenvalue weighted by molar-refractivity contribution is 0.134. The van der Waals surface area contributed by atoms with E-state index in [1.54, 1.807) is 16.2 Å². The normalized spacial score (nSPS) is 22.1. The summed E-state index contributed by atoms with van der Waals surface area (Å²) in [5.74, 6) is 0.416. The first-order chi connectivity index (χ1) is 10.0. The molecule has 2 rings (SSSR count). The van der Waals surface area contributed by atoms with Crippen molar-refractivity contribution in [3.05, 3.63) is 15.6 Å². The second kappa shape index (κ2) is 7.22. The molecular formula is C15H25N3O2S. The van der Waals surface area contributed by atoms with Gasteiger partial charge in [-0.05, 0) is 45.4 Å². The number of hydrogen-bond acceptors (Lipinski definition) is 4. The number of carbonyl (C=O) groups is 1. The molecule has 2 N–H and O–H groups in total. The number of nitrogens with zero attached hydrogens (tertiary/aromatic N) is 2. The maximum absolute atomic E-state index is 12.2. The highest BCUT2D eigenvalue weighted by Gasteiger charge is 2.26. The van der Waals surface area contributed by atoms with Crippen LogP contribution in [0.3, 0.4) is 0 Å². The van der Waals surface area contributed by atoms with E-state index in [1.165, 1.54) is 4.88 Å². The minimum absolute atomic E-state index is 0.0343. The predicted octanol–water partition coefficient (Wildman–Crippen LogP) is 2.45. The number of rotatable bonds is 4. The average Bonchev–Trinajstić information content (AvgIpc) is 2.82. The van der Waals surface area contributed by atoms with Gasteiger partial charge in [-0.2, -0.15) is 0 Å². The molecule has 5 nitrogen and oxygen atoms in total. The quantitative estimate of drug-likeness (QED) is 0.897. The lowest BCUT2D eigenvalue weighted by atomic mass is 9.86. The molecule has 0 aromatic carbocycles. The van der Waals surface area contributed by atoms with Gasteiger partial charge in [0.05, 0.1) is 12.2 Å². The highest BCUT2D eigenvalue weighted by Crippen LogP contribution is 2.26. The van der Waals surface area contributed by atoms with Crippen LogP contribution in [0.4, 0.5) is 4.79 Å². The molecule has 1 heterocycles. The summed E-state index contributed by atoms with van der Waals surface area (Å²) in [6, 6.07) is 0.250. The van der Waals surface area contributed by atoms with Crippen molar-refractivity contribution in [3.8, 4) is 0 Å². The minimum Gasteiger partial charge on any atom is -0.396 e. The standard InChI is InChI=1S/C15H25N3O2S/c1-10-11(2)21-14(17-10)8-16-15(20)18(3)13-6-4-12(9-19)5-7-13/h12-13,19H,4-9H2,1-3H3,(H,16,20). The molecule has 0 aliphatic heterocycles. The van der Waals surface area contributed by atoms with Crippen LogP contribution in [0.2, 0.25) is 0 Å². The summed E-state index contributed by atoms with van der Waals surface area (Å²) >= 11 is 1.63. The summed E-state index contributed by atoms with van der Waals surface area (Å²) in [6.07, 6.45) is 3.96. The number of aryl methyl sites for hydroxylation is 2. The number of aromatic nitrogens is 1. The zero-order valence-corrected chi connectivity index (χ0v) is 13.9. The van der Waals surface area contributed by atoms with E-state index in [2.05, 4.69) is 10.3 Å². The highest BCUT2D eigenvalue weighted by molar-refractivity contribution is 7.11. The van der Waals surface area contributed by atoms with E-state index in [-0.39, 0.29) is 18.7 Å². The van der Waals surface area contributed by atoms with Gasteiger partial charge in [-0.25, -0.2) is 9.78 Å². The second-order valence-electron chi connectivity index (χ2n) is 5.88. The first kappa shape index (κ1) is 16.2. The van der Waals surface area contributed by atoms with E-state index in [4.69, 9.17) is 5.11 Å². The number of nitrogens with one attached hydrogen (secondary N) is 1. The molecule has 0 atom stereocenters. The van der Waals surface area contributed by atoms with E-state index in [9.17, 15) is 4.79 Å². The Morgan fingerprint density at radius 3 is 2.57 bits per heavy atom. The average molecular weight is 311 g/mol. The van der Waals surface area contributed by atoms with Crippen LogP contribution < -0.4 is 5.32 Å². The molecule has 1 fully saturated rings. The number of aliphatic hydroxyl groups excluding tert-OH is 1. The largest absolute Gasteiger partial charge is 0.396 e. The van der Waals surface area contributed by atoms with Crippen LogP contribution in [0.5, 0.6) is 0 Å². The minimum atomic E-state index is -0.0343. The Morgan fingerprint density at radius 2 is 2.05 bits per heavy atom. The molecule has 0 unspecified atom stereocenters. The predicted molar refractivity (Wildman–Crippen MR) is 84.4 cm³/mol. The smallest absolute Gasteiger partial charge is 0.317 e. The van der Waals surface area contributed by atoms with E-state index in [0.717, 1.165) is 36.4 Å². The van der Waals surface area contributed by atoms with Gasteiger partial charge in [0, 0.05) is 24.6 Å². The number of hydrogen-bond donors (Lipinski definition) is 2. The van der Waals surface area contributed by atoms with Gasteiger partial charge in [0.2, 0.25) is 0 Å². The molecule has 0 spiro atoms. The van der Waals surface area contributed by atoms with Crippen LogP contribution in [-0.4, -0.2) is 40.7 Å². The third kappa shape index (κ3) is 4.17. The van der Waals surface area contributed by atoms with E-state index >= 15 is 0 Å². The van der Waals surface area contributed by atoms with Crippen molar-refractivity contribution < 1.29 is 9.90 Å². The van der Waals surface area contributed by atoms with Gasteiger partial charge in [0.1, 0.15) is 5.01 Å². The lowest BCUT2D eigenvalue weighted by Crippen LogP contribution is -2.45. The number of amides is 2. The molecule has 6 heteroatoms. The van der Waals surface area contributed by atoms with Crippen LogP contribution in [0, 0.1) is 19.8 Å². The maximum atomic E-state index is 12.2. The summed E-state index contributed by atoms with van der Waals surface area (Å²) in [4.78, 5) is 19.6. The third-order valence-electron chi connectivity index (χ3n) is 4.41. The molecule has 1 aliphatic rings. The van der Waals surface area contributed by atoms with Crippen molar-refractivity contribution in [2.45, 2.75) is 52.1 Å². The molecule has 1 aliphatic carbocycles. The van der Waals surface area contributed by atoms with Crippen LogP contribution >= 0.6 is 11.3 Å². The molecule has 118 valence electrons. The number of aliphatic hydroxyl groups is 1. The molecule has 2 amide bonds. The molecule has 1 aromatic rings. The van der Waals surface area contributed by atoms with Gasteiger partial charge in [-0.15, -0.1) is 11.3 Å². The first-order valence-electron chi connectivity index (χ1n) is 7.55. The Labute approximate surface area is 130 Å². The molecule has 0 saturated heterocycles. The van der Waals surface area contributed by atoms with Crippen molar-refractivity contribution in [1.29, 1.82) is 0 Å². The van der Waals surface area contributed by atoms with Gasteiger partial charge in [-0.3, -0.25) is 0 Å². The van der Waals surface area contributed by atoms with Crippen LogP contribution in [0.15, 0.2) is 0 Å². The molecule has 21 heavy (non-hydrogen) atoms. The fourth-order valence-electron chi connectivity index (χ4n) is 2.77. The molecule has 0 bridgehead atoms. The number of carbonyl (C=O) groups excluding carboxylic acids is 1. The second-order valence-corrected chi connectivity index (χ2v) is 7.16. The SMILES string of the molecule is Cc1nc(CNC(=O)N(C)C2CCC(CO)CC2)sc1C. The summed E-state index contributed by atoms with van der Waals surface area (Å²) in [5, 5.41) is 13.1. The van der Waals surface area contributed by atoms with Crippen molar-refractivity contribution in [2.24, 2.45) is 5.92 Å². The summed E-state index contributed by atoms with van der Waals surface area (Å²) in [6.45, 7) is 4.80. The molecular weight excluding hydrogens is 286 g/mol.